The van der Waals surface area contributed by atoms with E-state index in [4.69, 9.17) is 20.8 Å². The van der Waals surface area contributed by atoms with Crippen LogP contribution in [0.15, 0.2) is 28.7 Å². The number of rotatable bonds is 6. The lowest BCUT2D eigenvalue weighted by Gasteiger charge is -2.13. The molecule has 2 rings (SSSR count). The molecule has 1 aromatic carbocycles. The number of furan rings is 1. The quantitative estimate of drug-likeness (QED) is 0.868. The van der Waals surface area contributed by atoms with Gasteiger partial charge in [-0.15, -0.1) is 0 Å². The molecule has 0 spiro atoms. The van der Waals surface area contributed by atoms with Gasteiger partial charge in [0.25, 0.3) is 0 Å². The molecule has 18 heavy (non-hydrogen) atoms. The van der Waals surface area contributed by atoms with Gasteiger partial charge in [-0.25, -0.2) is 0 Å². The predicted molar refractivity (Wildman–Crippen MR) is 74.0 cm³/mol. The number of nitrogens with one attached hydrogen (secondary N) is 1. The van der Waals surface area contributed by atoms with Gasteiger partial charge in [-0.1, -0.05) is 18.2 Å². The Morgan fingerprint density at radius 2 is 2.17 bits per heavy atom. The van der Waals surface area contributed by atoms with Crippen LogP contribution in [0.3, 0.4) is 0 Å². The number of benzene rings is 1. The second kappa shape index (κ2) is 6.23. The van der Waals surface area contributed by atoms with E-state index >= 15 is 0 Å². The molecule has 0 radical (unpaired) electrons. The van der Waals surface area contributed by atoms with Crippen molar-refractivity contribution in [3.8, 4) is 0 Å². The van der Waals surface area contributed by atoms with Crippen LogP contribution in [0.2, 0.25) is 5.22 Å². The number of hydrogen-bond acceptors (Lipinski definition) is 3. The van der Waals surface area contributed by atoms with Crippen LogP contribution in [0.4, 0.5) is 0 Å². The van der Waals surface area contributed by atoms with Gasteiger partial charge in [-0.3, -0.25) is 0 Å². The highest BCUT2D eigenvalue weighted by atomic mass is 35.5. The van der Waals surface area contributed by atoms with E-state index in [1.807, 2.05) is 31.2 Å². The third-order valence-electron chi connectivity index (χ3n) is 2.85. The van der Waals surface area contributed by atoms with Gasteiger partial charge in [0.15, 0.2) is 5.22 Å². The van der Waals surface area contributed by atoms with E-state index < -0.39 is 0 Å². The monoisotopic (exact) mass is 267 g/mol. The maximum Gasteiger partial charge on any atom is 0.199 e. The van der Waals surface area contributed by atoms with Gasteiger partial charge in [0.1, 0.15) is 5.58 Å². The zero-order valence-corrected chi connectivity index (χ0v) is 11.5. The van der Waals surface area contributed by atoms with Crippen LogP contribution in [0.5, 0.6) is 0 Å². The number of para-hydroxylation sites is 1. The fourth-order valence-electron chi connectivity index (χ4n) is 1.86. The van der Waals surface area contributed by atoms with Gasteiger partial charge < -0.3 is 14.5 Å². The molecular formula is C14H18ClNO2. The molecular weight excluding hydrogens is 250 g/mol. The Bertz CT molecular complexity index is 509. The molecule has 1 N–H and O–H groups in total. The van der Waals surface area contributed by atoms with Crippen LogP contribution in [0.25, 0.3) is 11.0 Å². The Morgan fingerprint density at radius 3 is 2.94 bits per heavy atom. The third kappa shape index (κ3) is 3.05. The van der Waals surface area contributed by atoms with Crippen LogP contribution >= 0.6 is 11.6 Å². The Labute approximate surface area is 112 Å². The Kier molecular flexibility index (Phi) is 4.64. The molecule has 2 aromatic rings. The van der Waals surface area contributed by atoms with Gasteiger partial charge in [0.05, 0.1) is 6.61 Å². The van der Waals surface area contributed by atoms with Crippen LogP contribution < -0.4 is 5.32 Å². The molecule has 98 valence electrons. The normalized spacial score (nSPS) is 13.1. The standard InChI is InChI=1S/C14H18ClNO2/c1-3-17-9-10(2)16-8-12-11-6-4-5-7-13(11)18-14(12)15/h4-7,10,16H,3,8-9H2,1-2H3. The minimum absolute atomic E-state index is 0.287. The molecule has 0 fully saturated rings. The SMILES string of the molecule is CCOCC(C)NCc1c(Cl)oc2ccccc12. The minimum atomic E-state index is 0.287. The summed E-state index contributed by atoms with van der Waals surface area (Å²) in [7, 11) is 0. The maximum atomic E-state index is 6.12. The summed E-state index contributed by atoms with van der Waals surface area (Å²) in [5.41, 5.74) is 1.84. The van der Waals surface area contributed by atoms with E-state index in [0.29, 0.717) is 18.4 Å². The third-order valence-corrected chi connectivity index (χ3v) is 3.15. The number of fused-ring (bicyclic) bond motifs is 1. The number of halogens is 1. The molecule has 1 aromatic heterocycles. The maximum absolute atomic E-state index is 6.12. The van der Waals surface area contributed by atoms with Crippen molar-refractivity contribution in [1.29, 1.82) is 0 Å². The highest BCUT2D eigenvalue weighted by Gasteiger charge is 2.12. The molecule has 0 amide bonds. The molecule has 4 heteroatoms. The summed E-state index contributed by atoms with van der Waals surface area (Å²) < 4.78 is 10.9. The first-order chi connectivity index (χ1) is 8.72. The van der Waals surface area contributed by atoms with Crippen LogP contribution in [-0.4, -0.2) is 19.3 Å². The molecule has 0 aliphatic heterocycles. The highest BCUT2D eigenvalue weighted by molar-refractivity contribution is 6.30. The molecule has 1 heterocycles. The van der Waals surface area contributed by atoms with Crippen molar-refractivity contribution < 1.29 is 9.15 Å². The number of hydrogen-bond donors (Lipinski definition) is 1. The Hall–Kier alpha value is -1.03. The number of ether oxygens (including phenoxy) is 1. The average Bonchev–Trinajstić information content (AvgIpc) is 2.69. The van der Waals surface area contributed by atoms with Crippen molar-refractivity contribution in [2.24, 2.45) is 0 Å². The zero-order chi connectivity index (χ0) is 13.0. The highest BCUT2D eigenvalue weighted by Crippen LogP contribution is 2.29. The van der Waals surface area contributed by atoms with Gasteiger partial charge in [0.2, 0.25) is 0 Å². The van der Waals surface area contributed by atoms with Gasteiger partial charge in [-0.05, 0) is 31.5 Å². The smallest absolute Gasteiger partial charge is 0.199 e. The molecule has 1 unspecified atom stereocenters. The van der Waals surface area contributed by atoms with E-state index in [1.165, 1.54) is 0 Å². The van der Waals surface area contributed by atoms with Crippen LogP contribution in [0.1, 0.15) is 19.4 Å². The first kappa shape index (κ1) is 13.4. The molecule has 3 nitrogen and oxygen atoms in total. The summed E-state index contributed by atoms with van der Waals surface area (Å²) in [6.45, 7) is 6.20. The molecule has 0 aliphatic carbocycles. The molecule has 0 saturated carbocycles. The van der Waals surface area contributed by atoms with E-state index in [0.717, 1.165) is 23.1 Å². The summed E-state index contributed by atoms with van der Waals surface area (Å²) in [5, 5.41) is 4.92. The fraction of sp³-hybridized carbons (Fsp3) is 0.429. The molecule has 0 aliphatic rings. The van der Waals surface area contributed by atoms with Crippen molar-refractivity contribution in [2.45, 2.75) is 26.4 Å². The second-order valence-corrected chi connectivity index (χ2v) is 4.64. The predicted octanol–water partition coefficient (Wildman–Crippen LogP) is 3.60. The summed E-state index contributed by atoms with van der Waals surface area (Å²) in [5.74, 6) is 0. The van der Waals surface area contributed by atoms with Gasteiger partial charge >= 0.3 is 0 Å². The van der Waals surface area contributed by atoms with Crippen LogP contribution in [0, 0.1) is 0 Å². The van der Waals surface area contributed by atoms with E-state index in [-0.39, 0.29) is 6.04 Å². The largest absolute Gasteiger partial charge is 0.444 e. The van der Waals surface area contributed by atoms with E-state index in [9.17, 15) is 0 Å². The first-order valence-corrected chi connectivity index (χ1v) is 6.57. The van der Waals surface area contributed by atoms with Gasteiger partial charge in [-0.2, -0.15) is 0 Å². The molecule has 0 saturated heterocycles. The lowest BCUT2D eigenvalue weighted by Crippen LogP contribution is -2.30. The van der Waals surface area contributed by atoms with Crippen molar-refractivity contribution >= 4 is 22.6 Å². The summed E-state index contributed by atoms with van der Waals surface area (Å²) in [6.07, 6.45) is 0. The topological polar surface area (TPSA) is 34.4 Å². The lowest BCUT2D eigenvalue weighted by atomic mass is 10.1. The summed E-state index contributed by atoms with van der Waals surface area (Å²) >= 11 is 6.12. The lowest BCUT2D eigenvalue weighted by molar-refractivity contribution is 0.127. The minimum Gasteiger partial charge on any atom is -0.444 e. The average molecular weight is 268 g/mol. The summed E-state index contributed by atoms with van der Waals surface area (Å²) in [6, 6.07) is 8.16. The van der Waals surface area contributed by atoms with Crippen molar-refractivity contribution in [2.75, 3.05) is 13.2 Å². The van der Waals surface area contributed by atoms with Gasteiger partial charge in [0, 0.05) is 30.1 Å². The fourth-order valence-corrected chi connectivity index (χ4v) is 2.12. The zero-order valence-electron chi connectivity index (χ0n) is 10.7. The van der Waals surface area contributed by atoms with Crippen molar-refractivity contribution in [3.05, 3.63) is 35.0 Å². The first-order valence-electron chi connectivity index (χ1n) is 6.19. The van der Waals surface area contributed by atoms with Crippen molar-refractivity contribution in [1.82, 2.24) is 5.32 Å². The molecule has 1 atom stereocenters. The van der Waals surface area contributed by atoms with Crippen LogP contribution in [-0.2, 0) is 11.3 Å². The second-order valence-electron chi connectivity index (χ2n) is 4.29. The molecule has 0 bridgehead atoms. The van der Waals surface area contributed by atoms with Crippen molar-refractivity contribution in [3.63, 3.8) is 0 Å². The Morgan fingerprint density at radius 1 is 1.39 bits per heavy atom. The summed E-state index contributed by atoms with van der Waals surface area (Å²) in [4.78, 5) is 0. The Balaban J connectivity index is 2.05. The van der Waals surface area contributed by atoms with E-state index in [1.54, 1.807) is 0 Å². The van der Waals surface area contributed by atoms with E-state index in [2.05, 4.69) is 12.2 Å².